The summed E-state index contributed by atoms with van der Waals surface area (Å²) in [6.45, 7) is 4.32. The minimum Gasteiger partial charge on any atom is -0.402 e. The van der Waals surface area contributed by atoms with Gasteiger partial charge in [-0.15, -0.1) is 13.2 Å². The maximum Gasteiger partial charge on any atom is 0.640 e. The van der Waals surface area contributed by atoms with Gasteiger partial charge in [0.15, 0.2) is 0 Å². The fraction of sp³-hybridized carbons (Fsp3) is 0.714. The second-order valence-corrected chi connectivity index (χ2v) is 2.99. The second-order valence-electron chi connectivity index (χ2n) is 2.99. The van der Waals surface area contributed by atoms with Gasteiger partial charge in [0.1, 0.15) is 0 Å². The lowest BCUT2D eigenvalue weighted by Gasteiger charge is -2.14. The highest BCUT2D eigenvalue weighted by atomic mass is 19.4. The number of rotatable bonds is 2. The molecule has 0 spiro atoms. The van der Waals surface area contributed by atoms with E-state index in [-0.39, 0.29) is 0 Å². The first kappa shape index (κ1) is 15.1. The third-order valence-electron chi connectivity index (χ3n) is 1.58. The van der Waals surface area contributed by atoms with E-state index in [0.29, 0.717) is 0 Å². The van der Waals surface area contributed by atoms with Gasteiger partial charge in [0.25, 0.3) is 0 Å². The van der Waals surface area contributed by atoms with Gasteiger partial charge in [-0.2, -0.15) is 0 Å². The molecule has 0 bridgehead atoms. The minimum atomic E-state index is -4.98. The smallest absolute Gasteiger partial charge is 0.402 e. The monoisotopic (exact) mass is 242 g/mol. The number of nitrogens with zero attached hydrogens (tertiary/aromatic N) is 2. The van der Waals surface area contributed by atoms with E-state index in [1.54, 1.807) is 0 Å². The Labute approximate surface area is 91.9 Å². The highest BCUT2D eigenvalue weighted by Gasteiger charge is 2.34. The number of hydrogen-bond donors (Lipinski definition) is 2. The van der Waals surface area contributed by atoms with E-state index in [4.69, 9.17) is 10.0 Å². The molecule has 0 fully saturated rings. The first-order valence-electron chi connectivity index (χ1n) is 4.48. The van der Waals surface area contributed by atoms with E-state index in [1.807, 2.05) is 0 Å². The molecule has 0 aromatic carbocycles. The molecule has 0 amide bonds. The molecule has 2 N–H and O–H groups in total. The van der Waals surface area contributed by atoms with Crippen LogP contribution in [0.25, 0.3) is 0 Å². The van der Waals surface area contributed by atoms with E-state index in [9.17, 15) is 13.2 Å². The van der Waals surface area contributed by atoms with Crippen LogP contribution in [-0.2, 0) is 4.65 Å². The third kappa shape index (κ3) is 8.39. The molecule has 0 atom stereocenters. The molecule has 1 aliphatic heterocycles. The predicted octanol–water partition coefficient (Wildman–Crippen LogP) is 0.175. The molecule has 0 saturated heterocycles. The molecular formula is C7H14BF3N2O3. The molecule has 9 heteroatoms. The summed E-state index contributed by atoms with van der Waals surface area (Å²) in [6, 6.07) is 0. The highest BCUT2D eigenvalue weighted by molar-refractivity contribution is 6.32. The third-order valence-corrected chi connectivity index (χ3v) is 1.58. The van der Waals surface area contributed by atoms with E-state index in [1.165, 1.54) is 0 Å². The zero-order valence-electron chi connectivity index (χ0n) is 8.98. The zero-order valence-corrected chi connectivity index (χ0v) is 8.98. The standard InChI is InChI=1S/C6H12N2.CH2BF3O3/c1-3-8-5-4-7(2)6-8;3-1(4,5)8-2(6)7/h4-5H,3,6H2,1-2H3;6-7H. The van der Waals surface area contributed by atoms with Crippen LogP contribution >= 0.6 is 0 Å². The summed E-state index contributed by atoms with van der Waals surface area (Å²) < 4.78 is 34.8. The van der Waals surface area contributed by atoms with Crippen molar-refractivity contribution in [3.05, 3.63) is 12.4 Å². The fourth-order valence-corrected chi connectivity index (χ4v) is 0.914. The molecule has 1 aliphatic rings. The Morgan fingerprint density at radius 3 is 2.06 bits per heavy atom. The molecule has 0 aromatic rings. The average Bonchev–Trinajstić information content (AvgIpc) is 2.47. The normalized spacial score (nSPS) is 14.9. The summed E-state index contributed by atoms with van der Waals surface area (Å²) in [6.07, 6.45) is -0.780. The van der Waals surface area contributed by atoms with Crippen LogP contribution in [0.2, 0.25) is 0 Å². The molecule has 16 heavy (non-hydrogen) atoms. The average molecular weight is 242 g/mol. The Hall–Kier alpha value is -0.925. The molecule has 0 radical (unpaired) electrons. The van der Waals surface area contributed by atoms with Gasteiger partial charge in [0.2, 0.25) is 0 Å². The quantitative estimate of drug-likeness (QED) is 0.676. The Morgan fingerprint density at radius 1 is 1.38 bits per heavy atom. The minimum absolute atomic E-state index is 1.05. The Morgan fingerprint density at radius 2 is 1.94 bits per heavy atom. The Kier molecular flexibility index (Phi) is 6.23. The maximum absolute atomic E-state index is 10.8. The highest BCUT2D eigenvalue weighted by Crippen LogP contribution is 2.15. The van der Waals surface area contributed by atoms with Gasteiger partial charge in [0.05, 0.1) is 6.67 Å². The number of alkyl halides is 3. The van der Waals surface area contributed by atoms with Crippen LogP contribution in [0.5, 0.6) is 0 Å². The van der Waals surface area contributed by atoms with Crippen molar-refractivity contribution >= 4 is 7.32 Å². The van der Waals surface area contributed by atoms with Gasteiger partial charge in [-0.1, -0.05) is 0 Å². The van der Waals surface area contributed by atoms with Crippen molar-refractivity contribution < 1.29 is 27.9 Å². The summed E-state index contributed by atoms with van der Waals surface area (Å²) in [5, 5.41) is 15.0. The molecular weight excluding hydrogens is 228 g/mol. The lowest BCUT2D eigenvalue weighted by Crippen LogP contribution is -2.27. The van der Waals surface area contributed by atoms with E-state index < -0.39 is 13.7 Å². The van der Waals surface area contributed by atoms with Crippen molar-refractivity contribution in [2.24, 2.45) is 0 Å². The first-order valence-corrected chi connectivity index (χ1v) is 4.48. The van der Waals surface area contributed by atoms with Crippen LogP contribution in [0.1, 0.15) is 6.92 Å². The van der Waals surface area contributed by atoms with Crippen LogP contribution in [0.4, 0.5) is 13.2 Å². The summed E-state index contributed by atoms with van der Waals surface area (Å²) >= 11 is 0. The summed E-state index contributed by atoms with van der Waals surface area (Å²) in [5.74, 6) is 0. The van der Waals surface area contributed by atoms with Gasteiger partial charge in [0, 0.05) is 26.0 Å². The summed E-state index contributed by atoms with van der Waals surface area (Å²) in [5.41, 5.74) is 0. The van der Waals surface area contributed by atoms with Crippen molar-refractivity contribution in [2.75, 3.05) is 20.3 Å². The van der Waals surface area contributed by atoms with Gasteiger partial charge in [-0.3, -0.25) is 4.65 Å². The summed E-state index contributed by atoms with van der Waals surface area (Å²) in [7, 11) is -0.707. The van der Waals surface area contributed by atoms with Crippen molar-refractivity contribution in [1.82, 2.24) is 9.80 Å². The Balaban J connectivity index is 0.000000281. The molecule has 94 valence electrons. The maximum atomic E-state index is 10.8. The fourth-order valence-electron chi connectivity index (χ4n) is 0.914. The molecule has 1 heterocycles. The van der Waals surface area contributed by atoms with Crippen LogP contribution in [0, 0.1) is 0 Å². The molecule has 0 unspecified atom stereocenters. The van der Waals surface area contributed by atoms with Crippen molar-refractivity contribution in [2.45, 2.75) is 13.3 Å². The van der Waals surface area contributed by atoms with Crippen molar-refractivity contribution in [3.63, 3.8) is 0 Å². The topological polar surface area (TPSA) is 56.2 Å². The molecule has 0 aromatic heterocycles. The first-order chi connectivity index (χ1) is 7.24. The van der Waals surface area contributed by atoms with Gasteiger partial charge in [-0.25, -0.2) is 0 Å². The lowest BCUT2D eigenvalue weighted by molar-refractivity contribution is -0.288. The van der Waals surface area contributed by atoms with Crippen LogP contribution < -0.4 is 0 Å². The number of hydrogen-bond acceptors (Lipinski definition) is 5. The zero-order chi connectivity index (χ0) is 12.8. The largest absolute Gasteiger partial charge is 0.640 e. The van der Waals surface area contributed by atoms with Crippen molar-refractivity contribution in [1.29, 1.82) is 0 Å². The van der Waals surface area contributed by atoms with E-state index >= 15 is 0 Å². The van der Waals surface area contributed by atoms with Crippen LogP contribution in [0.3, 0.4) is 0 Å². The molecule has 1 rings (SSSR count). The summed E-state index contributed by atoms with van der Waals surface area (Å²) in [4.78, 5) is 4.41. The van der Waals surface area contributed by atoms with E-state index in [2.05, 4.69) is 40.8 Å². The molecule has 0 saturated carbocycles. The van der Waals surface area contributed by atoms with Crippen molar-refractivity contribution in [3.8, 4) is 0 Å². The van der Waals surface area contributed by atoms with E-state index in [0.717, 1.165) is 13.2 Å². The number of halogens is 3. The van der Waals surface area contributed by atoms with Gasteiger partial charge in [-0.05, 0) is 6.92 Å². The Bertz CT molecular complexity index is 225. The lowest BCUT2D eigenvalue weighted by atomic mass is 10.3. The van der Waals surface area contributed by atoms with Gasteiger partial charge < -0.3 is 19.8 Å². The van der Waals surface area contributed by atoms with Crippen LogP contribution in [-0.4, -0.2) is 53.8 Å². The molecule has 5 nitrogen and oxygen atoms in total. The predicted molar refractivity (Wildman–Crippen MR) is 51.5 cm³/mol. The van der Waals surface area contributed by atoms with Gasteiger partial charge >= 0.3 is 13.7 Å². The van der Waals surface area contributed by atoms with Crippen LogP contribution in [0.15, 0.2) is 12.4 Å². The SMILES string of the molecule is CCN1C=CN(C)C1.OB(O)OC(F)(F)F. The second kappa shape index (κ2) is 6.61. The molecule has 0 aliphatic carbocycles.